The Kier molecular flexibility index (Phi) is 4.59. The smallest absolute Gasteiger partial charge is 0.141 e. The Hall–Kier alpha value is -0.650. The minimum Gasteiger partial charge on any atom is -0.496 e. The Labute approximate surface area is 114 Å². The molecular formula is C13H16BrFO3. The molecule has 18 heavy (non-hydrogen) atoms. The topological polar surface area (TPSA) is 38.7 Å². The van der Waals surface area contributed by atoms with Crippen molar-refractivity contribution in [2.45, 2.75) is 18.9 Å². The third-order valence-electron chi connectivity index (χ3n) is 3.23. The van der Waals surface area contributed by atoms with Crippen LogP contribution in [-0.2, 0) is 4.74 Å². The normalized spacial score (nSPS) is 21.7. The number of hydrogen-bond acceptors (Lipinski definition) is 3. The monoisotopic (exact) mass is 318 g/mol. The molecule has 5 heteroatoms. The fourth-order valence-corrected chi connectivity index (χ4v) is 2.58. The maximum absolute atomic E-state index is 13.4. The van der Waals surface area contributed by atoms with Gasteiger partial charge in [-0.05, 0) is 34.8 Å². The van der Waals surface area contributed by atoms with Crippen LogP contribution in [0.25, 0.3) is 0 Å². The molecule has 1 aromatic rings. The van der Waals surface area contributed by atoms with E-state index < -0.39 is 11.9 Å². The molecule has 1 aliphatic heterocycles. The molecule has 1 aliphatic rings. The molecule has 2 rings (SSSR count). The van der Waals surface area contributed by atoms with Gasteiger partial charge in [-0.3, -0.25) is 0 Å². The lowest BCUT2D eigenvalue weighted by atomic mass is 9.90. The van der Waals surface area contributed by atoms with Crippen LogP contribution >= 0.6 is 15.9 Å². The van der Waals surface area contributed by atoms with Crippen LogP contribution in [0.1, 0.15) is 24.5 Å². The van der Waals surface area contributed by atoms with Crippen molar-refractivity contribution in [1.29, 1.82) is 0 Å². The molecule has 0 saturated carbocycles. The van der Waals surface area contributed by atoms with Gasteiger partial charge >= 0.3 is 0 Å². The number of hydrogen-bond donors (Lipinski definition) is 1. The molecule has 1 saturated heterocycles. The van der Waals surface area contributed by atoms with Crippen LogP contribution in [0.3, 0.4) is 0 Å². The van der Waals surface area contributed by atoms with Crippen LogP contribution in [0, 0.1) is 11.7 Å². The van der Waals surface area contributed by atoms with Crippen molar-refractivity contribution < 1.29 is 19.0 Å². The molecule has 3 nitrogen and oxygen atoms in total. The van der Waals surface area contributed by atoms with E-state index in [2.05, 4.69) is 15.9 Å². The lowest BCUT2D eigenvalue weighted by Gasteiger charge is -2.28. The first-order valence-electron chi connectivity index (χ1n) is 5.92. The number of halogens is 2. The number of rotatable bonds is 3. The summed E-state index contributed by atoms with van der Waals surface area (Å²) >= 11 is 3.13. The summed E-state index contributed by atoms with van der Waals surface area (Å²) < 4.78 is 24.2. The third-order valence-corrected chi connectivity index (χ3v) is 3.84. The van der Waals surface area contributed by atoms with E-state index >= 15 is 0 Å². The van der Waals surface area contributed by atoms with Gasteiger partial charge in [0.25, 0.3) is 0 Å². The number of aliphatic hydroxyl groups excluding tert-OH is 1. The highest BCUT2D eigenvalue weighted by molar-refractivity contribution is 9.10. The first-order chi connectivity index (χ1) is 8.63. The zero-order valence-electron chi connectivity index (χ0n) is 10.2. The molecule has 2 unspecified atom stereocenters. The second kappa shape index (κ2) is 5.99. The molecule has 2 atom stereocenters. The summed E-state index contributed by atoms with van der Waals surface area (Å²) in [5.74, 6) is 0.00137. The Morgan fingerprint density at radius 2 is 2.33 bits per heavy atom. The van der Waals surface area contributed by atoms with Gasteiger partial charge < -0.3 is 14.6 Å². The Morgan fingerprint density at radius 3 is 2.94 bits per heavy atom. The number of aliphatic hydroxyl groups is 1. The highest BCUT2D eigenvalue weighted by atomic mass is 79.9. The largest absolute Gasteiger partial charge is 0.496 e. The second-order valence-electron chi connectivity index (χ2n) is 4.43. The molecule has 1 aromatic carbocycles. The highest BCUT2D eigenvalue weighted by Crippen LogP contribution is 2.36. The summed E-state index contributed by atoms with van der Waals surface area (Å²) in [6, 6.07) is 2.86. The van der Waals surface area contributed by atoms with Crippen molar-refractivity contribution >= 4 is 15.9 Å². The van der Waals surface area contributed by atoms with Gasteiger partial charge in [-0.15, -0.1) is 0 Å². The minimum atomic E-state index is -0.697. The van der Waals surface area contributed by atoms with Gasteiger partial charge in [0.1, 0.15) is 11.6 Å². The van der Waals surface area contributed by atoms with E-state index in [1.165, 1.54) is 13.2 Å². The molecule has 0 radical (unpaired) electrons. The fourth-order valence-electron chi connectivity index (χ4n) is 2.22. The standard InChI is InChI=1S/C13H16BrFO3/c1-17-12-6-11(15)10(14)5-9(12)13(16)8-3-2-4-18-7-8/h5-6,8,13,16H,2-4,7H2,1H3. The lowest BCUT2D eigenvalue weighted by Crippen LogP contribution is -2.24. The quantitative estimate of drug-likeness (QED) is 0.931. The zero-order chi connectivity index (χ0) is 13.1. The van der Waals surface area contributed by atoms with E-state index in [0.717, 1.165) is 19.4 Å². The number of methoxy groups -OCH3 is 1. The van der Waals surface area contributed by atoms with Gasteiger partial charge in [0.15, 0.2) is 0 Å². The lowest BCUT2D eigenvalue weighted by molar-refractivity contribution is -0.0107. The first-order valence-corrected chi connectivity index (χ1v) is 6.71. The van der Waals surface area contributed by atoms with Gasteiger partial charge in [0.2, 0.25) is 0 Å². The minimum absolute atomic E-state index is 0.0324. The maximum Gasteiger partial charge on any atom is 0.141 e. The molecule has 1 N–H and O–H groups in total. The Bertz CT molecular complexity index is 419. The second-order valence-corrected chi connectivity index (χ2v) is 5.28. The van der Waals surface area contributed by atoms with E-state index in [1.807, 2.05) is 0 Å². The molecule has 0 aromatic heterocycles. The first kappa shape index (κ1) is 13.8. The van der Waals surface area contributed by atoms with Crippen LogP contribution in [0.2, 0.25) is 0 Å². The maximum atomic E-state index is 13.4. The molecule has 0 bridgehead atoms. The van der Waals surface area contributed by atoms with Crippen LogP contribution in [-0.4, -0.2) is 25.4 Å². The Morgan fingerprint density at radius 1 is 1.56 bits per heavy atom. The summed E-state index contributed by atoms with van der Waals surface area (Å²) in [5, 5.41) is 10.4. The molecule has 0 aliphatic carbocycles. The van der Waals surface area contributed by atoms with E-state index in [4.69, 9.17) is 9.47 Å². The summed E-state index contributed by atoms with van der Waals surface area (Å²) in [6.45, 7) is 1.27. The SMILES string of the molecule is COc1cc(F)c(Br)cc1C(O)C1CCCOC1. The summed E-state index contributed by atoms with van der Waals surface area (Å²) in [6.07, 6.45) is 1.14. The van der Waals surface area contributed by atoms with Crippen LogP contribution in [0.4, 0.5) is 4.39 Å². The highest BCUT2D eigenvalue weighted by Gasteiger charge is 2.27. The zero-order valence-corrected chi connectivity index (χ0v) is 11.7. The van der Waals surface area contributed by atoms with E-state index in [0.29, 0.717) is 22.4 Å². The van der Waals surface area contributed by atoms with Gasteiger partial charge in [-0.2, -0.15) is 0 Å². The molecule has 0 amide bonds. The number of ether oxygens (including phenoxy) is 2. The van der Waals surface area contributed by atoms with Crippen molar-refractivity contribution in [1.82, 2.24) is 0 Å². The number of benzene rings is 1. The van der Waals surface area contributed by atoms with Crippen LogP contribution < -0.4 is 4.74 Å². The van der Waals surface area contributed by atoms with Crippen molar-refractivity contribution in [3.8, 4) is 5.75 Å². The molecule has 1 heterocycles. The summed E-state index contributed by atoms with van der Waals surface area (Å²) in [4.78, 5) is 0. The van der Waals surface area contributed by atoms with Crippen LogP contribution in [0.15, 0.2) is 16.6 Å². The van der Waals surface area contributed by atoms with Crippen molar-refractivity contribution in [3.63, 3.8) is 0 Å². The van der Waals surface area contributed by atoms with E-state index in [1.54, 1.807) is 6.07 Å². The van der Waals surface area contributed by atoms with E-state index in [-0.39, 0.29) is 5.92 Å². The summed E-state index contributed by atoms with van der Waals surface area (Å²) in [7, 11) is 1.47. The molecule has 0 spiro atoms. The van der Waals surface area contributed by atoms with Crippen molar-refractivity contribution in [3.05, 3.63) is 28.0 Å². The van der Waals surface area contributed by atoms with Gasteiger partial charge in [0.05, 0.1) is 24.3 Å². The average molecular weight is 319 g/mol. The molecule has 1 fully saturated rings. The van der Waals surface area contributed by atoms with E-state index in [9.17, 15) is 9.50 Å². The predicted molar refractivity (Wildman–Crippen MR) is 69.2 cm³/mol. The third kappa shape index (κ3) is 2.84. The predicted octanol–water partition coefficient (Wildman–Crippen LogP) is 3.06. The van der Waals surface area contributed by atoms with Crippen molar-refractivity contribution in [2.24, 2.45) is 5.92 Å². The van der Waals surface area contributed by atoms with Gasteiger partial charge in [-0.1, -0.05) is 0 Å². The average Bonchev–Trinajstić information content (AvgIpc) is 2.41. The fraction of sp³-hybridized carbons (Fsp3) is 0.538. The molecular weight excluding hydrogens is 303 g/mol. The van der Waals surface area contributed by atoms with Gasteiger partial charge in [0, 0.05) is 24.2 Å². The molecule has 100 valence electrons. The summed E-state index contributed by atoms with van der Waals surface area (Å²) in [5.41, 5.74) is 0.598. The Balaban J connectivity index is 2.27. The van der Waals surface area contributed by atoms with Gasteiger partial charge in [-0.25, -0.2) is 4.39 Å². The van der Waals surface area contributed by atoms with Crippen LogP contribution in [0.5, 0.6) is 5.75 Å². The van der Waals surface area contributed by atoms with Crippen molar-refractivity contribution in [2.75, 3.05) is 20.3 Å².